The largest absolute Gasteiger partial charge is 0.462 e. The van der Waals surface area contributed by atoms with Crippen LogP contribution in [0.25, 0.3) is 0 Å². The van der Waals surface area contributed by atoms with Crippen LogP contribution in [-0.4, -0.2) is 60.9 Å². The first kappa shape index (κ1) is 20.8. The van der Waals surface area contributed by atoms with Gasteiger partial charge in [0.2, 0.25) is 0 Å². The van der Waals surface area contributed by atoms with E-state index in [4.69, 9.17) is 9.47 Å². The van der Waals surface area contributed by atoms with Gasteiger partial charge in [-0.15, -0.1) is 0 Å². The predicted molar refractivity (Wildman–Crippen MR) is 104 cm³/mol. The maximum Gasteiger partial charge on any atom is 0.361 e. The van der Waals surface area contributed by atoms with Crippen molar-refractivity contribution in [2.45, 2.75) is 50.7 Å². The summed E-state index contributed by atoms with van der Waals surface area (Å²) in [4.78, 5) is 25.0. The molecule has 1 saturated heterocycles. The third-order valence-electron chi connectivity index (χ3n) is 6.20. The monoisotopic (exact) mass is 390 g/mol. The van der Waals surface area contributed by atoms with Gasteiger partial charge in [0.15, 0.2) is 18.2 Å². The number of ether oxygens (including phenoxy) is 2. The van der Waals surface area contributed by atoms with Gasteiger partial charge in [-0.25, -0.2) is 9.59 Å². The van der Waals surface area contributed by atoms with Crippen molar-refractivity contribution in [2.24, 2.45) is 5.92 Å². The van der Waals surface area contributed by atoms with E-state index in [1.165, 1.54) is 0 Å². The van der Waals surface area contributed by atoms with Crippen LogP contribution in [0.15, 0.2) is 30.3 Å². The van der Waals surface area contributed by atoms with Crippen molar-refractivity contribution in [1.29, 1.82) is 0 Å². The number of nitrogens with zero attached hydrogens (tertiary/aromatic N) is 1. The molecule has 1 aromatic carbocycles. The number of esters is 2. The summed E-state index contributed by atoms with van der Waals surface area (Å²) in [6, 6.07) is 9.15. The molecule has 2 aliphatic rings. The first-order valence-corrected chi connectivity index (χ1v) is 10.4. The molecule has 1 unspecified atom stereocenters. The molecule has 1 aliphatic carbocycles. The number of likely N-dealkylation sites (N-methyl/N-ethyl adjacent to an activating group) is 1. The lowest BCUT2D eigenvalue weighted by molar-refractivity contribution is -0.891. The second kappa shape index (κ2) is 8.62. The average molecular weight is 391 g/mol. The van der Waals surface area contributed by atoms with Gasteiger partial charge in [-0.3, -0.25) is 0 Å². The van der Waals surface area contributed by atoms with Gasteiger partial charge < -0.3 is 19.1 Å². The van der Waals surface area contributed by atoms with Gasteiger partial charge in [-0.2, -0.15) is 0 Å². The van der Waals surface area contributed by atoms with Crippen LogP contribution < -0.4 is 0 Å². The second-order valence-corrected chi connectivity index (χ2v) is 8.42. The number of aliphatic hydroxyl groups is 1. The first-order valence-electron chi connectivity index (χ1n) is 10.4. The summed E-state index contributed by atoms with van der Waals surface area (Å²) >= 11 is 0. The van der Waals surface area contributed by atoms with Crippen molar-refractivity contribution in [2.75, 3.05) is 33.3 Å². The van der Waals surface area contributed by atoms with E-state index in [2.05, 4.69) is 0 Å². The standard InChI is InChI=1S/C22H32NO5/c1-3-27-20(24)16-23(2)14-13-19(15-23)28-21(25)22(26,18-11-7-8-12-18)17-9-5-4-6-10-17/h4-6,9-10,18-19,26H,3,7-8,11-16H2,1-2H3/q+1/t19-,22?,23-/m0/s1. The highest BCUT2D eigenvalue weighted by Crippen LogP contribution is 2.42. The zero-order valence-electron chi connectivity index (χ0n) is 16.9. The SMILES string of the molecule is CCOC(=O)C[N@@+]1(C)CC[C@H](OC(=O)C(O)(c2ccccc2)C2CCCC2)C1. The lowest BCUT2D eigenvalue weighted by Gasteiger charge is -2.33. The number of quaternary nitrogens is 1. The van der Waals surface area contributed by atoms with Crippen molar-refractivity contribution in [3.8, 4) is 0 Å². The Morgan fingerprint density at radius 2 is 1.86 bits per heavy atom. The minimum atomic E-state index is -1.61. The maximum absolute atomic E-state index is 13.2. The molecule has 6 nitrogen and oxygen atoms in total. The Kier molecular flexibility index (Phi) is 6.40. The van der Waals surface area contributed by atoms with Gasteiger partial charge in [0.1, 0.15) is 6.54 Å². The van der Waals surface area contributed by atoms with E-state index in [-0.39, 0.29) is 24.5 Å². The molecule has 0 bridgehead atoms. The fraction of sp³-hybridized carbons (Fsp3) is 0.636. The van der Waals surface area contributed by atoms with Crippen molar-refractivity contribution >= 4 is 11.9 Å². The highest BCUT2D eigenvalue weighted by molar-refractivity contribution is 5.81. The van der Waals surface area contributed by atoms with Gasteiger partial charge in [-0.05, 0) is 25.3 Å². The minimum absolute atomic E-state index is 0.121. The van der Waals surface area contributed by atoms with Crippen LogP contribution in [0.4, 0.5) is 0 Å². The molecule has 0 radical (unpaired) electrons. The molecule has 0 amide bonds. The lowest BCUT2D eigenvalue weighted by Crippen LogP contribution is -2.48. The van der Waals surface area contributed by atoms with E-state index in [0.717, 1.165) is 32.2 Å². The summed E-state index contributed by atoms with van der Waals surface area (Å²) in [5, 5.41) is 11.5. The number of rotatable bonds is 7. The Balaban J connectivity index is 1.70. The Morgan fingerprint density at radius 1 is 1.18 bits per heavy atom. The summed E-state index contributed by atoms with van der Waals surface area (Å²) in [5.41, 5.74) is -1.00. The molecule has 3 atom stereocenters. The zero-order valence-corrected chi connectivity index (χ0v) is 16.9. The average Bonchev–Trinajstić information content (AvgIpc) is 3.32. The Morgan fingerprint density at radius 3 is 2.50 bits per heavy atom. The molecule has 1 aliphatic heterocycles. The van der Waals surface area contributed by atoms with Crippen molar-refractivity contribution in [3.05, 3.63) is 35.9 Å². The van der Waals surface area contributed by atoms with E-state index in [9.17, 15) is 14.7 Å². The third-order valence-corrected chi connectivity index (χ3v) is 6.20. The molecule has 154 valence electrons. The van der Waals surface area contributed by atoms with Crippen molar-refractivity contribution in [3.63, 3.8) is 0 Å². The third kappa shape index (κ3) is 4.39. The summed E-state index contributed by atoms with van der Waals surface area (Å²) in [5.74, 6) is -0.909. The molecule has 0 spiro atoms. The van der Waals surface area contributed by atoms with Gasteiger partial charge in [0, 0.05) is 12.3 Å². The number of carbonyl (C=O) groups is 2. The molecule has 1 saturated carbocycles. The molecule has 1 N–H and O–H groups in total. The molecule has 0 aromatic heterocycles. The van der Waals surface area contributed by atoms with Gasteiger partial charge in [0.05, 0.1) is 20.2 Å². The van der Waals surface area contributed by atoms with E-state index < -0.39 is 11.6 Å². The molecule has 28 heavy (non-hydrogen) atoms. The van der Waals surface area contributed by atoms with Gasteiger partial charge in [0.25, 0.3) is 0 Å². The summed E-state index contributed by atoms with van der Waals surface area (Å²) in [6.45, 7) is 3.72. The summed E-state index contributed by atoms with van der Waals surface area (Å²) < 4.78 is 11.4. The van der Waals surface area contributed by atoms with Gasteiger partial charge >= 0.3 is 11.9 Å². The number of likely N-dealkylation sites (tertiary alicyclic amines) is 1. The Hall–Kier alpha value is -1.92. The number of carbonyl (C=O) groups excluding carboxylic acids is 2. The van der Waals surface area contributed by atoms with Crippen molar-refractivity contribution < 1.29 is 28.7 Å². The second-order valence-electron chi connectivity index (χ2n) is 8.42. The highest BCUT2D eigenvalue weighted by atomic mass is 16.6. The van der Waals surface area contributed by atoms with Crippen molar-refractivity contribution in [1.82, 2.24) is 0 Å². The number of hydrogen-bond donors (Lipinski definition) is 1. The van der Waals surface area contributed by atoms with E-state index >= 15 is 0 Å². The van der Waals surface area contributed by atoms with E-state index in [0.29, 0.717) is 29.6 Å². The quantitative estimate of drug-likeness (QED) is 0.572. The fourth-order valence-electron chi connectivity index (χ4n) is 4.69. The van der Waals surface area contributed by atoms with E-state index in [1.807, 2.05) is 25.2 Å². The normalized spacial score (nSPS) is 27.3. The topological polar surface area (TPSA) is 72.8 Å². The molecule has 2 fully saturated rings. The first-order chi connectivity index (χ1) is 13.4. The van der Waals surface area contributed by atoms with Gasteiger partial charge in [-0.1, -0.05) is 43.2 Å². The van der Waals surface area contributed by atoms with Crippen LogP contribution in [-0.2, 0) is 24.7 Å². The Bertz CT molecular complexity index is 687. The zero-order chi connectivity index (χ0) is 20.2. The molecular weight excluding hydrogens is 358 g/mol. The highest BCUT2D eigenvalue weighted by Gasteiger charge is 2.50. The van der Waals surface area contributed by atoms with Crippen LogP contribution in [0.1, 0.15) is 44.6 Å². The summed E-state index contributed by atoms with van der Waals surface area (Å²) in [7, 11) is 1.98. The molecular formula is C22H32NO5+. The van der Waals surface area contributed by atoms with Crippen LogP contribution in [0, 0.1) is 5.92 Å². The molecule has 1 heterocycles. The number of hydrogen-bond acceptors (Lipinski definition) is 5. The van der Waals surface area contributed by atoms with E-state index in [1.54, 1.807) is 19.1 Å². The molecule has 6 heteroatoms. The Labute approximate surface area is 167 Å². The molecule has 3 rings (SSSR count). The maximum atomic E-state index is 13.2. The summed E-state index contributed by atoms with van der Waals surface area (Å²) in [6.07, 6.45) is 4.06. The lowest BCUT2D eigenvalue weighted by atomic mass is 9.80. The number of benzene rings is 1. The van der Waals surface area contributed by atoms with Crippen LogP contribution in [0.3, 0.4) is 0 Å². The van der Waals surface area contributed by atoms with Crippen LogP contribution in [0.5, 0.6) is 0 Å². The van der Waals surface area contributed by atoms with Crippen LogP contribution >= 0.6 is 0 Å². The minimum Gasteiger partial charge on any atom is -0.462 e. The molecule has 1 aromatic rings. The fourth-order valence-corrected chi connectivity index (χ4v) is 4.69. The predicted octanol–water partition coefficient (Wildman–Crippen LogP) is 2.39. The smallest absolute Gasteiger partial charge is 0.361 e. The van der Waals surface area contributed by atoms with Crippen LogP contribution in [0.2, 0.25) is 0 Å².